The van der Waals surface area contributed by atoms with Gasteiger partial charge in [0.2, 0.25) is 5.88 Å². The van der Waals surface area contributed by atoms with Crippen LogP contribution in [-0.4, -0.2) is 28.6 Å². The van der Waals surface area contributed by atoms with Gasteiger partial charge in [0.25, 0.3) is 0 Å². The summed E-state index contributed by atoms with van der Waals surface area (Å²) in [6.45, 7) is 3.43. The zero-order chi connectivity index (χ0) is 16.9. The number of anilines is 1. The van der Waals surface area contributed by atoms with E-state index in [0.29, 0.717) is 12.5 Å². The van der Waals surface area contributed by atoms with Crippen molar-refractivity contribution in [2.45, 2.75) is 38.8 Å². The number of carboxylic acids is 1. The molecule has 3 rings (SSSR count). The molecule has 0 radical (unpaired) electrons. The lowest BCUT2D eigenvalue weighted by molar-refractivity contribution is -0.137. The van der Waals surface area contributed by atoms with Gasteiger partial charge >= 0.3 is 5.97 Å². The van der Waals surface area contributed by atoms with E-state index >= 15 is 0 Å². The third-order valence-corrected chi connectivity index (χ3v) is 4.48. The van der Waals surface area contributed by atoms with Crippen LogP contribution in [0.1, 0.15) is 30.4 Å². The number of aromatic nitrogens is 1. The van der Waals surface area contributed by atoms with E-state index in [9.17, 15) is 4.79 Å². The zero-order valence-corrected chi connectivity index (χ0v) is 13.8. The summed E-state index contributed by atoms with van der Waals surface area (Å²) < 4.78 is 5.76. The summed E-state index contributed by atoms with van der Waals surface area (Å²) in [4.78, 5) is 17.5. The van der Waals surface area contributed by atoms with Crippen molar-refractivity contribution in [1.29, 1.82) is 0 Å². The van der Waals surface area contributed by atoms with Gasteiger partial charge in [-0.25, -0.2) is 4.98 Å². The summed E-state index contributed by atoms with van der Waals surface area (Å²) in [7, 11) is 0. The highest BCUT2D eigenvalue weighted by Gasteiger charge is 2.26. The van der Waals surface area contributed by atoms with E-state index in [4.69, 9.17) is 9.84 Å². The maximum atomic E-state index is 11.0. The molecule has 0 spiro atoms. The zero-order valence-electron chi connectivity index (χ0n) is 13.8. The molecular weight excluding hydrogens is 304 g/mol. The minimum Gasteiger partial charge on any atom is -0.481 e. The van der Waals surface area contributed by atoms with Crippen molar-refractivity contribution in [3.63, 3.8) is 0 Å². The third-order valence-electron chi connectivity index (χ3n) is 4.48. The van der Waals surface area contributed by atoms with Crippen LogP contribution < -0.4 is 9.64 Å². The Morgan fingerprint density at radius 3 is 2.88 bits per heavy atom. The minimum atomic E-state index is -0.752. The van der Waals surface area contributed by atoms with E-state index in [1.54, 1.807) is 6.20 Å². The average Bonchev–Trinajstić information content (AvgIpc) is 3.02. The van der Waals surface area contributed by atoms with Gasteiger partial charge in [0.15, 0.2) is 0 Å². The SMILES string of the molecule is Cc1ccccc1COc1ccc(N2CCC[C@H]2CC(=O)O)cn1. The summed E-state index contributed by atoms with van der Waals surface area (Å²) >= 11 is 0. The molecule has 2 heterocycles. The number of nitrogens with zero attached hydrogens (tertiary/aromatic N) is 2. The molecule has 1 saturated heterocycles. The summed E-state index contributed by atoms with van der Waals surface area (Å²) in [5.41, 5.74) is 3.30. The predicted octanol–water partition coefficient (Wildman–Crippen LogP) is 3.41. The fraction of sp³-hybridized carbons (Fsp3) is 0.368. The molecule has 126 valence electrons. The van der Waals surface area contributed by atoms with E-state index in [0.717, 1.165) is 30.6 Å². The van der Waals surface area contributed by atoms with Crippen molar-refractivity contribution in [2.24, 2.45) is 0 Å². The van der Waals surface area contributed by atoms with Crippen LogP contribution in [0.2, 0.25) is 0 Å². The van der Waals surface area contributed by atoms with Crippen molar-refractivity contribution in [1.82, 2.24) is 4.98 Å². The smallest absolute Gasteiger partial charge is 0.305 e. The highest BCUT2D eigenvalue weighted by Crippen LogP contribution is 2.27. The minimum absolute atomic E-state index is 0.0584. The maximum Gasteiger partial charge on any atom is 0.305 e. The predicted molar refractivity (Wildman–Crippen MR) is 92.4 cm³/mol. The highest BCUT2D eigenvalue weighted by molar-refractivity contribution is 5.68. The Morgan fingerprint density at radius 2 is 2.17 bits per heavy atom. The first-order chi connectivity index (χ1) is 11.6. The van der Waals surface area contributed by atoms with Gasteiger partial charge in [0.05, 0.1) is 18.3 Å². The van der Waals surface area contributed by atoms with Crippen LogP contribution in [0.15, 0.2) is 42.6 Å². The first-order valence-electron chi connectivity index (χ1n) is 8.25. The molecule has 5 nitrogen and oxygen atoms in total. The van der Waals surface area contributed by atoms with Crippen LogP contribution in [-0.2, 0) is 11.4 Å². The number of rotatable bonds is 6. The summed E-state index contributed by atoms with van der Waals surface area (Å²) in [5, 5.41) is 9.02. The molecule has 0 saturated carbocycles. The number of hydrogen-bond donors (Lipinski definition) is 1. The Morgan fingerprint density at radius 1 is 1.33 bits per heavy atom. The number of hydrogen-bond acceptors (Lipinski definition) is 4. The number of aryl methyl sites for hydroxylation is 1. The van der Waals surface area contributed by atoms with Gasteiger partial charge in [-0.3, -0.25) is 4.79 Å². The average molecular weight is 326 g/mol. The number of ether oxygens (including phenoxy) is 1. The van der Waals surface area contributed by atoms with Crippen LogP contribution in [0, 0.1) is 6.92 Å². The molecule has 1 fully saturated rings. The Labute approximate surface area is 141 Å². The van der Waals surface area contributed by atoms with E-state index in [-0.39, 0.29) is 12.5 Å². The Hall–Kier alpha value is -2.56. The Balaban J connectivity index is 1.63. The van der Waals surface area contributed by atoms with Gasteiger partial charge in [0, 0.05) is 18.7 Å². The van der Waals surface area contributed by atoms with E-state index in [1.807, 2.05) is 30.3 Å². The topological polar surface area (TPSA) is 62.7 Å². The van der Waals surface area contributed by atoms with Crippen molar-refractivity contribution >= 4 is 11.7 Å². The molecular formula is C19H22N2O3. The van der Waals surface area contributed by atoms with E-state index in [2.05, 4.69) is 22.9 Å². The van der Waals surface area contributed by atoms with Crippen LogP contribution in [0.3, 0.4) is 0 Å². The van der Waals surface area contributed by atoms with Crippen LogP contribution in [0.5, 0.6) is 5.88 Å². The van der Waals surface area contributed by atoms with E-state index in [1.165, 1.54) is 5.56 Å². The largest absolute Gasteiger partial charge is 0.481 e. The van der Waals surface area contributed by atoms with Gasteiger partial charge < -0.3 is 14.7 Å². The van der Waals surface area contributed by atoms with Crippen LogP contribution >= 0.6 is 0 Å². The highest BCUT2D eigenvalue weighted by atomic mass is 16.5. The monoisotopic (exact) mass is 326 g/mol. The van der Waals surface area contributed by atoms with Gasteiger partial charge in [0.1, 0.15) is 6.61 Å². The summed E-state index contributed by atoms with van der Waals surface area (Å²) in [6, 6.07) is 12.0. The molecule has 0 bridgehead atoms. The van der Waals surface area contributed by atoms with Gasteiger partial charge in [-0.15, -0.1) is 0 Å². The van der Waals surface area contributed by atoms with Crippen molar-refractivity contribution in [3.05, 3.63) is 53.7 Å². The number of aliphatic carboxylic acids is 1. The van der Waals surface area contributed by atoms with E-state index < -0.39 is 5.97 Å². The first kappa shape index (κ1) is 16.3. The molecule has 5 heteroatoms. The first-order valence-corrected chi connectivity index (χ1v) is 8.25. The van der Waals surface area contributed by atoms with Gasteiger partial charge in [-0.2, -0.15) is 0 Å². The lowest BCUT2D eigenvalue weighted by atomic mass is 10.1. The van der Waals surface area contributed by atoms with Crippen molar-refractivity contribution in [3.8, 4) is 5.88 Å². The van der Waals surface area contributed by atoms with Crippen LogP contribution in [0.4, 0.5) is 5.69 Å². The molecule has 1 aromatic carbocycles. The Kier molecular flexibility index (Phi) is 4.99. The number of pyridine rings is 1. The molecule has 24 heavy (non-hydrogen) atoms. The second-order valence-corrected chi connectivity index (χ2v) is 6.16. The molecule has 1 aliphatic rings. The summed E-state index contributed by atoms with van der Waals surface area (Å²) in [6.07, 6.45) is 3.88. The third kappa shape index (κ3) is 3.85. The molecule has 0 unspecified atom stereocenters. The summed E-state index contributed by atoms with van der Waals surface area (Å²) in [5.74, 6) is -0.172. The molecule has 1 aromatic heterocycles. The quantitative estimate of drug-likeness (QED) is 0.881. The standard InChI is InChI=1S/C19H22N2O3/c1-14-5-2-3-6-15(14)13-24-18-9-8-17(12-20-18)21-10-4-7-16(21)11-19(22)23/h2-3,5-6,8-9,12,16H,4,7,10-11,13H2,1H3,(H,22,23)/t16-/m0/s1. The molecule has 2 aromatic rings. The number of benzene rings is 1. The van der Waals surface area contributed by atoms with Crippen molar-refractivity contribution < 1.29 is 14.6 Å². The lowest BCUT2D eigenvalue weighted by Gasteiger charge is -2.25. The van der Waals surface area contributed by atoms with Crippen LogP contribution in [0.25, 0.3) is 0 Å². The number of carbonyl (C=O) groups is 1. The Bertz CT molecular complexity index is 700. The fourth-order valence-electron chi connectivity index (χ4n) is 3.14. The maximum absolute atomic E-state index is 11.0. The van der Waals surface area contributed by atoms with Crippen molar-refractivity contribution in [2.75, 3.05) is 11.4 Å². The second-order valence-electron chi connectivity index (χ2n) is 6.16. The fourth-order valence-corrected chi connectivity index (χ4v) is 3.14. The normalized spacial score (nSPS) is 17.0. The van der Waals surface area contributed by atoms with Gasteiger partial charge in [-0.05, 0) is 37.0 Å². The number of carboxylic acid groups (broad SMARTS) is 1. The lowest BCUT2D eigenvalue weighted by Crippen LogP contribution is -2.31. The molecule has 0 amide bonds. The van der Waals surface area contributed by atoms with Gasteiger partial charge in [-0.1, -0.05) is 24.3 Å². The molecule has 1 atom stereocenters. The molecule has 1 aliphatic heterocycles. The second kappa shape index (κ2) is 7.34. The molecule has 1 N–H and O–H groups in total. The molecule has 0 aliphatic carbocycles.